The third-order valence-electron chi connectivity index (χ3n) is 7.09. The van der Waals surface area contributed by atoms with Crippen molar-refractivity contribution in [2.45, 2.75) is 84.4 Å². The van der Waals surface area contributed by atoms with Crippen molar-refractivity contribution in [3.05, 3.63) is 58.1 Å². The van der Waals surface area contributed by atoms with Gasteiger partial charge >= 0.3 is 5.97 Å². The van der Waals surface area contributed by atoms with Crippen molar-refractivity contribution in [1.82, 2.24) is 4.90 Å². The van der Waals surface area contributed by atoms with Gasteiger partial charge in [-0.05, 0) is 65.6 Å². The molecule has 0 saturated carbocycles. The summed E-state index contributed by atoms with van der Waals surface area (Å²) in [5, 5.41) is 0. The molecule has 0 bridgehead atoms. The summed E-state index contributed by atoms with van der Waals surface area (Å²) < 4.78 is 12.5. The highest BCUT2D eigenvalue weighted by molar-refractivity contribution is 6.16. The molecule has 3 aliphatic rings. The van der Waals surface area contributed by atoms with Crippen LogP contribution in [0, 0.1) is 0 Å². The Hall–Kier alpha value is -2.08. The fourth-order valence-corrected chi connectivity index (χ4v) is 5.75. The number of fused-ring (bicyclic) bond motifs is 3. The van der Waals surface area contributed by atoms with E-state index in [1.165, 1.54) is 37.3 Å². The number of carbonyl (C=O) groups excluding carboxylic acids is 1. The number of aliphatic imine (C=N–C) groups is 1. The minimum Gasteiger partial charge on any atom is -0.483 e. The van der Waals surface area contributed by atoms with Gasteiger partial charge in [-0.25, -0.2) is 0 Å². The van der Waals surface area contributed by atoms with Crippen LogP contribution in [0.1, 0.15) is 81.7 Å². The molecule has 1 saturated heterocycles. The van der Waals surface area contributed by atoms with Crippen molar-refractivity contribution >= 4 is 36.5 Å². The van der Waals surface area contributed by atoms with Gasteiger partial charge in [0.25, 0.3) is 0 Å². The monoisotopic (exact) mass is 532 g/mol. The van der Waals surface area contributed by atoms with E-state index in [-0.39, 0.29) is 41.9 Å². The predicted octanol–water partition coefficient (Wildman–Crippen LogP) is 6.33. The van der Waals surface area contributed by atoms with Gasteiger partial charge in [-0.1, -0.05) is 36.8 Å². The van der Waals surface area contributed by atoms with Crippen LogP contribution < -0.4 is 9.47 Å². The Morgan fingerprint density at radius 2 is 1.67 bits per heavy atom. The Morgan fingerprint density at radius 3 is 2.31 bits per heavy atom. The van der Waals surface area contributed by atoms with Gasteiger partial charge < -0.3 is 9.47 Å². The van der Waals surface area contributed by atoms with Crippen molar-refractivity contribution in [3.8, 4) is 11.5 Å². The molecule has 36 heavy (non-hydrogen) atoms. The van der Waals surface area contributed by atoms with E-state index >= 15 is 0 Å². The van der Waals surface area contributed by atoms with Gasteiger partial charge in [-0.2, -0.15) is 0 Å². The summed E-state index contributed by atoms with van der Waals surface area (Å²) >= 11 is 0. The molecule has 0 spiro atoms. The summed E-state index contributed by atoms with van der Waals surface area (Å²) in [6.07, 6.45) is 5.27. The molecule has 0 amide bonds. The fourth-order valence-electron chi connectivity index (χ4n) is 5.75. The molecule has 5 nitrogen and oxygen atoms in total. The van der Waals surface area contributed by atoms with Gasteiger partial charge in [0.1, 0.15) is 5.60 Å². The number of hydrogen-bond donors (Lipinski definition) is 0. The summed E-state index contributed by atoms with van der Waals surface area (Å²) in [5.41, 5.74) is 6.19. The second-order valence-corrected chi connectivity index (χ2v) is 11.3. The highest BCUT2D eigenvalue weighted by Crippen LogP contribution is 2.51. The molecule has 0 atom stereocenters. The first-order chi connectivity index (χ1) is 16.1. The van der Waals surface area contributed by atoms with Crippen molar-refractivity contribution in [1.29, 1.82) is 0 Å². The molecule has 0 N–H and O–H groups in total. The minimum absolute atomic E-state index is 0. The van der Waals surface area contributed by atoms with E-state index in [4.69, 9.17) is 14.5 Å². The second-order valence-electron chi connectivity index (χ2n) is 11.3. The quantitative estimate of drug-likeness (QED) is 0.341. The molecule has 3 aliphatic heterocycles. The first-order valence-electron chi connectivity index (χ1n) is 12.6. The van der Waals surface area contributed by atoms with Crippen LogP contribution in [0.4, 0.5) is 0 Å². The van der Waals surface area contributed by atoms with Crippen molar-refractivity contribution in [2.75, 3.05) is 13.1 Å². The summed E-state index contributed by atoms with van der Waals surface area (Å²) in [4.78, 5) is 20.1. The molecule has 196 valence electrons. The number of rotatable bonds is 4. The summed E-state index contributed by atoms with van der Waals surface area (Å²) in [7, 11) is 0. The van der Waals surface area contributed by atoms with Crippen LogP contribution in [0.2, 0.25) is 0 Å². The maximum absolute atomic E-state index is 12.3. The number of likely N-dealkylation sites (tertiary alicyclic amines) is 1. The highest BCUT2D eigenvalue weighted by Gasteiger charge is 2.42. The van der Waals surface area contributed by atoms with Crippen LogP contribution in [0.25, 0.3) is 0 Å². The zero-order valence-electron chi connectivity index (χ0n) is 22.0. The standard InChI is InChI=1S/C29H36N2O3.2ClH/c1-19(32)33-26-23(18-31-14-10-7-11-15-31)21-16-28(2,3)30-25(20-12-8-6-9-13-20)24(21)22-17-29(4,5)34-27(22)26;;/h6,8-9,12-13H,7,10-11,14-18H2,1-5H3;2*1H. The molecule has 2 aromatic rings. The van der Waals surface area contributed by atoms with Crippen LogP contribution in [-0.4, -0.2) is 40.8 Å². The van der Waals surface area contributed by atoms with E-state index in [1.54, 1.807) is 0 Å². The largest absolute Gasteiger partial charge is 0.483 e. The van der Waals surface area contributed by atoms with E-state index in [0.717, 1.165) is 60.6 Å². The van der Waals surface area contributed by atoms with E-state index in [9.17, 15) is 4.79 Å². The molecule has 5 rings (SSSR count). The topological polar surface area (TPSA) is 51.1 Å². The lowest BCUT2D eigenvalue weighted by Crippen LogP contribution is -2.34. The fraction of sp³-hybridized carbons (Fsp3) is 0.517. The molecule has 2 aromatic carbocycles. The number of hydrogen-bond acceptors (Lipinski definition) is 5. The molecule has 0 aliphatic carbocycles. The number of nitrogens with zero attached hydrogens (tertiary/aromatic N) is 2. The first kappa shape index (κ1) is 28.5. The lowest BCUT2D eigenvalue weighted by atomic mass is 9.78. The third kappa shape index (κ3) is 5.58. The van der Waals surface area contributed by atoms with Gasteiger partial charge in [0.05, 0.1) is 11.3 Å². The van der Waals surface area contributed by atoms with Crippen molar-refractivity contribution < 1.29 is 14.3 Å². The van der Waals surface area contributed by atoms with Crippen molar-refractivity contribution in [3.63, 3.8) is 0 Å². The lowest BCUT2D eigenvalue weighted by Gasteiger charge is -2.35. The Balaban J connectivity index is 0.00000180. The number of benzene rings is 2. The van der Waals surface area contributed by atoms with Gasteiger partial charge in [0, 0.05) is 42.1 Å². The number of esters is 1. The minimum atomic E-state index is -0.372. The number of halogens is 2. The van der Waals surface area contributed by atoms with Crippen LogP contribution in [0.5, 0.6) is 11.5 Å². The van der Waals surface area contributed by atoms with Crippen LogP contribution in [0.15, 0.2) is 35.3 Å². The Labute approximate surface area is 227 Å². The molecule has 1 fully saturated rings. The first-order valence-corrected chi connectivity index (χ1v) is 12.6. The number of ether oxygens (including phenoxy) is 2. The summed E-state index contributed by atoms with van der Waals surface area (Å²) in [6.45, 7) is 13.0. The Bertz CT molecular complexity index is 1150. The Morgan fingerprint density at radius 1 is 1.00 bits per heavy atom. The zero-order valence-corrected chi connectivity index (χ0v) is 23.6. The molecule has 0 aromatic heterocycles. The lowest BCUT2D eigenvalue weighted by molar-refractivity contribution is -0.132. The van der Waals surface area contributed by atoms with Gasteiger partial charge in [0.15, 0.2) is 11.5 Å². The van der Waals surface area contributed by atoms with E-state index < -0.39 is 0 Å². The molecule has 3 heterocycles. The third-order valence-corrected chi connectivity index (χ3v) is 7.09. The molecule has 0 unspecified atom stereocenters. The zero-order chi connectivity index (χ0) is 24.1. The second kappa shape index (κ2) is 10.7. The van der Waals surface area contributed by atoms with Crippen molar-refractivity contribution in [2.24, 2.45) is 4.99 Å². The molecule has 7 heteroatoms. The number of carbonyl (C=O) groups is 1. The molecule has 0 radical (unpaired) electrons. The SMILES string of the molecule is CC(=O)Oc1c(CN2CCCCC2)c2c(c3c1OC(C)(C)C3)C(c1ccccc1)=NC(C)(C)C2.Cl.Cl. The van der Waals surface area contributed by atoms with Gasteiger partial charge in [-0.15, -0.1) is 24.8 Å². The van der Waals surface area contributed by atoms with E-state index in [2.05, 4.69) is 56.9 Å². The van der Waals surface area contributed by atoms with Crippen LogP contribution in [0.3, 0.4) is 0 Å². The van der Waals surface area contributed by atoms with Crippen LogP contribution in [-0.2, 0) is 24.2 Å². The maximum atomic E-state index is 12.3. The highest BCUT2D eigenvalue weighted by atomic mass is 35.5. The predicted molar refractivity (Wildman–Crippen MR) is 150 cm³/mol. The summed E-state index contributed by atoms with van der Waals surface area (Å²) in [6, 6.07) is 10.5. The molecular formula is C29H38Cl2N2O3. The average molecular weight is 534 g/mol. The van der Waals surface area contributed by atoms with E-state index in [1.807, 2.05) is 6.07 Å². The van der Waals surface area contributed by atoms with Gasteiger partial charge in [0.2, 0.25) is 0 Å². The molecular weight excluding hydrogens is 495 g/mol. The summed E-state index contributed by atoms with van der Waals surface area (Å²) in [5.74, 6) is 1.05. The number of piperidine rings is 1. The van der Waals surface area contributed by atoms with E-state index in [0.29, 0.717) is 5.75 Å². The van der Waals surface area contributed by atoms with Gasteiger partial charge in [-0.3, -0.25) is 14.7 Å². The average Bonchev–Trinajstić information content (AvgIpc) is 3.11. The Kier molecular flexibility index (Phi) is 8.49. The maximum Gasteiger partial charge on any atom is 0.308 e. The van der Waals surface area contributed by atoms with Crippen LogP contribution >= 0.6 is 24.8 Å². The normalized spacial score (nSPS) is 19.5. The smallest absolute Gasteiger partial charge is 0.308 e.